The number of hydrogen-bond acceptors (Lipinski definition) is 4. The van der Waals surface area contributed by atoms with E-state index < -0.39 is 0 Å². The summed E-state index contributed by atoms with van der Waals surface area (Å²) >= 11 is 3.52. The van der Waals surface area contributed by atoms with Crippen molar-refractivity contribution in [3.8, 4) is 0 Å². The molecule has 0 fully saturated rings. The third-order valence-corrected chi connectivity index (χ3v) is 4.58. The van der Waals surface area contributed by atoms with Crippen LogP contribution in [0.3, 0.4) is 0 Å². The summed E-state index contributed by atoms with van der Waals surface area (Å²) in [5.41, 5.74) is 7.89. The largest absolute Gasteiger partial charge is 0.399 e. The molecule has 96 valence electrons. The number of rotatable bonds is 3. The molecule has 1 heterocycles. The topological polar surface area (TPSA) is 38.9 Å². The predicted octanol–water partition coefficient (Wildman–Crippen LogP) is 4.32. The molecule has 4 heteroatoms. The Bertz CT molecular complexity index is 527. The van der Waals surface area contributed by atoms with Gasteiger partial charge in [0.05, 0.1) is 11.4 Å². The molecule has 2 aromatic rings. The van der Waals surface area contributed by atoms with Gasteiger partial charge in [0.1, 0.15) is 5.01 Å². The van der Waals surface area contributed by atoms with E-state index in [-0.39, 0.29) is 5.41 Å². The van der Waals surface area contributed by atoms with Crippen molar-refractivity contribution in [3.05, 3.63) is 40.3 Å². The average Bonchev–Trinajstić information content (AvgIpc) is 2.74. The fourth-order valence-corrected chi connectivity index (χ4v) is 3.47. The van der Waals surface area contributed by atoms with Gasteiger partial charge in [-0.2, -0.15) is 0 Å². The number of nitrogen functional groups attached to an aromatic ring is 1. The fraction of sp³-hybridized carbons (Fsp3) is 0.357. The molecule has 1 aromatic heterocycles. The van der Waals surface area contributed by atoms with Crippen LogP contribution >= 0.6 is 23.1 Å². The minimum absolute atomic E-state index is 0.136. The molecule has 0 atom stereocenters. The van der Waals surface area contributed by atoms with Crippen molar-refractivity contribution < 1.29 is 0 Å². The zero-order valence-electron chi connectivity index (χ0n) is 10.9. The molecule has 0 saturated carbocycles. The predicted molar refractivity (Wildman–Crippen MR) is 81.2 cm³/mol. The molecular weight excluding hydrogens is 260 g/mol. The van der Waals surface area contributed by atoms with Crippen LogP contribution in [0, 0.1) is 0 Å². The van der Waals surface area contributed by atoms with Gasteiger partial charge in [-0.3, -0.25) is 0 Å². The van der Waals surface area contributed by atoms with Crippen LogP contribution in [0.2, 0.25) is 0 Å². The van der Waals surface area contributed by atoms with Gasteiger partial charge in [0.15, 0.2) is 0 Å². The first-order chi connectivity index (χ1) is 8.45. The average molecular weight is 278 g/mol. The van der Waals surface area contributed by atoms with Crippen molar-refractivity contribution >= 4 is 28.8 Å². The van der Waals surface area contributed by atoms with Crippen LogP contribution in [0.25, 0.3) is 0 Å². The first kappa shape index (κ1) is 13.4. The molecule has 2 rings (SSSR count). The molecule has 0 aliphatic heterocycles. The molecule has 2 nitrogen and oxygen atoms in total. The molecule has 0 amide bonds. The second kappa shape index (κ2) is 5.33. The second-order valence-electron chi connectivity index (χ2n) is 5.24. The Hall–Kier alpha value is -1.00. The van der Waals surface area contributed by atoms with Gasteiger partial charge in [0, 0.05) is 21.4 Å². The van der Waals surface area contributed by atoms with E-state index >= 15 is 0 Å². The lowest BCUT2D eigenvalue weighted by Crippen LogP contribution is -2.11. The normalized spacial score (nSPS) is 11.7. The highest BCUT2D eigenvalue weighted by Gasteiger charge is 2.17. The highest BCUT2D eigenvalue weighted by atomic mass is 32.2. The Kier molecular flexibility index (Phi) is 3.97. The van der Waals surface area contributed by atoms with E-state index in [2.05, 4.69) is 37.2 Å². The summed E-state index contributed by atoms with van der Waals surface area (Å²) in [5.74, 6) is 0.907. The zero-order valence-corrected chi connectivity index (χ0v) is 12.6. The number of benzene rings is 1. The summed E-state index contributed by atoms with van der Waals surface area (Å²) < 4.78 is 0. The van der Waals surface area contributed by atoms with Gasteiger partial charge in [0.25, 0.3) is 0 Å². The Labute approximate surface area is 117 Å². The third kappa shape index (κ3) is 3.50. The minimum Gasteiger partial charge on any atom is -0.399 e. The number of aromatic nitrogens is 1. The van der Waals surface area contributed by atoms with E-state index in [4.69, 9.17) is 5.73 Å². The van der Waals surface area contributed by atoms with Crippen molar-refractivity contribution in [1.82, 2.24) is 4.98 Å². The van der Waals surface area contributed by atoms with E-state index in [0.717, 1.165) is 11.4 Å². The van der Waals surface area contributed by atoms with Gasteiger partial charge in [-0.25, -0.2) is 4.98 Å². The minimum atomic E-state index is 0.136. The van der Waals surface area contributed by atoms with Crippen molar-refractivity contribution in [1.29, 1.82) is 0 Å². The van der Waals surface area contributed by atoms with Crippen molar-refractivity contribution in [2.75, 3.05) is 5.73 Å². The number of nitrogens with two attached hydrogens (primary N) is 1. The Morgan fingerprint density at radius 2 is 2.11 bits per heavy atom. The van der Waals surface area contributed by atoms with E-state index in [0.29, 0.717) is 0 Å². The number of anilines is 1. The quantitative estimate of drug-likeness (QED) is 0.671. The molecule has 0 saturated heterocycles. The number of hydrogen-bond donors (Lipinski definition) is 1. The van der Waals surface area contributed by atoms with Crippen molar-refractivity contribution in [2.24, 2.45) is 0 Å². The highest BCUT2D eigenvalue weighted by molar-refractivity contribution is 7.98. The Morgan fingerprint density at radius 3 is 2.72 bits per heavy atom. The summed E-state index contributed by atoms with van der Waals surface area (Å²) in [7, 11) is 0. The van der Waals surface area contributed by atoms with Crippen LogP contribution in [-0.2, 0) is 11.2 Å². The molecule has 0 aliphatic rings. The summed E-state index contributed by atoms with van der Waals surface area (Å²) in [4.78, 5) is 5.88. The molecule has 1 aromatic carbocycles. The number of nitrogens with zero attached hydrogens (tertiary/aromatic N) is 1. The molecule has 0 spiro atoms. The highest BCUT2D eigenvalue weighted by Crippen LogP contribution is 2.29. The van der Waals surface area contributed by atoms with Crippen molar-refractivity contribution in [2.45, 2.75) is 36.8 Å². The van der Waals surface area contributed by atoms with Crippen LogP contribution in [0.1, 0.15) is 31.5 Å². The Balaban J connectivity index is 2.01. The lowest BCUT2D eigenvalue weighted by Gasteiger charge is -2.14. The first-order valence-electron chi connectivity index (χ1n) is 5.88. The van der Waals surface area contributed by atoms with Gasteiger partial charge in [0.2, 0.25) is 0 Å². The maximum atomic E-state index is 5.76. The van der Waals surface area contributed by atoms with Crippen LogP contribution in [0.5, 0.6) is 0 Å². The van der Waals surface area contributed by atoms with E-state index in [1.54, 1.807) is 23.1 Å². The van der Waals surface area contributed by atoms with Gasteiger partial charge in [-0.05, 0) is 18.2 Å². The maximum absolute atomic E-state index is 5.76. The number of thioether (sulfide) groups is 1. The van der Waals surface area contributed by atoms with E-state index in [9.17, 15) is 0 Å². The molecule has 2 N–H and O–H groups in total. The van der Waals surface area contributed by atoms with E-state index in [1.807, 2.05) is 18.2 Å². The third-order valence-electron chi connectivity index (χ3n) is 2.54. The van der Waals surface area contributed by atoms with Crippen LogP contribution in [0.15, 0.2) is 34.5 Å². The first-order valence-corrected chi connectivity index (χ1v) is 7.75. The summed E-state index contributed by atoms with van der Waals surface area (Å²) in [6, 6.07) is 7.98. The molecule has 0 bridgehead atoms. The summed E-state index contributed by atoms with van der Waals surface area (Å²) in [5, 5.41) is 3.34. The molecule has 0 unspecified atom stereocenters. The Morgan fingerprint density at radius 1 is 1.33 bits per heavy atom. The lowest BCUT2D eigenvalue weighted by molar-refractivity contribution is 0.572. The fourth-order valence-electron chi connectivity index (χ4n) is 1.47. The lowest BCUT2D eigenvalue weighted by atomic mass is 9.93. The maximum Gasteiger partial charge on any atom is 0.103 e. The SMILES string of the molecule is CC(C)(C)c1csc(CSc2cccc(N)c2)n1. The van der Waals surface area contributed by atoms with Gasteiger partial charge >= 0.3 is 0 Å². The summed E-state index contributed by atoms with van der Waals surface area (Å²) in [6.07, 6.45) is 0. The summed E-state index contributed by atoms with van der Waals surface area (Å²) in [6.45, 7) is 6.57. The van der Waals surface area contributed by atoms with E-state index in [1.165, 1.54) is 15.6 Å². The monoisotopic (exact) mass is 278 g/mol. The second-order valence-corrected chi connectivity index (χ2v) is 7.23. The molecular formula is C14H18N2S2. The van der Waals surface area contributed by atoms with Gasteiger partial charge in [-0.1, -0.05) is 26.8 Å². The molecule has 0 radical (unpaired) electrons. The smallest absolute Gasteiger partial charge is 0.103 e. The standard InChI is InChI=1S/C14H18N2S2/c1-14(2,3)12-8-18-13(16-12)9-17-11-6-4-5-10(15)7-11/h4-8H,9,15H2,1-3H3. The molecule has 18 heavy (non-hydrogen) atoms. The van der Waals surface area contributed by atoms with Crippen LogP contribution in [-0.4, -0.2) is 4.98 Å². The van der Waals surface area contributed by atoms with Gasteiger partial charge < -0.3 is 5.73 Å². The molecule has 0 aliphatic carbocycles. The zero-order chi connectivity index (χ0) is 13.2. The number of thiazole rings is 1. The van der Waals surface area contributed by atoms with Gasteiger partial charge in [-0.15, -0.1) is 23.1 Å². The van der Waals surface area contributed by atoms with Crippen molar-refractivity contribution in [3.63, 3.8) is 0 Å². The van der Waals surface area contributed by atoms with Crippen LogP contribution < -0.4 is 5.73 Å². The van der Waals surface area contributed by atoms with Crippen LogP contribution in [0.4, 0.5) is 5.69 Å².